The molecule has 2 amide bonds. The number of carbonyl (C=O) groups is 4. The van der Waals surface area contributed by atoms with E-state index in [1.54, 1.807) is 61.5 Å². The van der Waals surface area contributed by atoms with E-state index >= 15 is 0 Å². The summed E-state index contributed by atoms with van der Waals surface area (Å²) in [5, 5.41) is 4.68. The van der Waals surface area contributed by atoms with Crippen molar-refractivity contribution >= 4 is 23.6 Å². The van der Waals surface area contributed by atoms with Crippen LogP contribution < -0.4 is 16.4 Å². The molecule has 0 heterocycles. The number of alkyl halides is 3. The van der Waals surface area contributed by atoms with Gasteiger partial charge in [0.2, 0.25) is 11.8 Å². The second-order valence-corrected chi connectivity index (χ2v) is 7.85. The number of carbonyl (C=O) groups excluding carboxylic acids is 4. The van der Waals surface area contributed by atoms with Gasteiger partial charge in [0.25, 0.3) is 0 Å². The van der Waals surface area contributed by atoms with Crippen molar-refractivity contribution in [2.45, 2.75) is 38.1 Å². The molecular formula is C24H26F3N3O5. The summed E-state index contributed by atoms with van der Waals surface area (Å²) in [5.41, 5.74) is 6.74. The molecule has 2 rings (SSSR count). The van der Waals surface area contributed by atoms with Gasteiger partial charge in [-0.1, -0.05) is 48.5 Å². The van der Waals surface area contributed by atoms with Gasteiger partial charge in [0.1, 0.15) is 6.10 Å². The normalized spacial score (nSPS) is 13.8. The van der Waals surface area contributed by atoms with Gasteiger partial charge in [-0.15, -0.1) is 0 Å². The Balaban J connectivity index is 2.07. The van der Waals surface area contributed by atoms with Gasteiger partial charge in [0.15, 0.2) is 5.78 Å². The molecule has 0 fully saturated rings. The highest BCUT2D eigenvalue weighted by Crippen LogP contribution is 2.20. The predicted molar refractivity (Wildman–Crippen MR) is 120 cm³/mol. The third-order valence-corrected chi connectivity index (χ3v) is 5.00. The number of esters is 1. The molecule has 188 valence electrons. The molecule has 0 aromatic heterocycles. The number of amides is 2. The summed E-state index contributed by atoms with van der Waals surface area (Å²) in [5.74, 6) is -4.72. The van der Waals surface area contributed by atoms with Crippen LogP contribution in [0, 0.1) is 0 Å². The lowest BCUT2D eigenvalue weighted by Crippen LogP contribution is -2.47. The van der Waals surface area contributed by atoms with Crippen molar-refractivity contribution in [3.63, 3.8) is 0 Å². The van der Waals surface area contributed by atoms with Gasteiger partial charge in [0.05, 0.1) is 25.0 Å². The van der Waals surface area contributed by atoms with Crippen LogP contribution >= 0.6 is 0 Å². The minimum absolute atomic E-state index is 0.232. The Morgan fingerprint density at radius 2 is 1.46 bits per heavy atom. The quantitative estimate of drug-likeness (QED) is 0.344. The largest absolute Gasteiger partial charge is 0.490 e. The molecule has 11 heteroatoms. The maximum atomic E-state index is 12.7. The fraction of sp³-hybridized carbons (Fsp3) is 0.333. The number of ketones is 1. The Kier molecular flexibility index (Phi) is 9.52. The van der Waals surface area contributed by atoms with Crippen LogP contribution in [-0.2, 0) is 19.1 Å². The molecule has 0 bridgehead atoms. The van der Waals surface area contributed by atoms with Crippen LogP contribution in [-0.4, -0.2) is 55.0 Å². The summed E-state index contributed by atoms with van der Waals surface area (Å²) in [7, 11) is 0. The van der Waals surface area contributed by atoms with E-state index in [0.717, 1.165) is 0 Å². The van der Waals surface area contributed by atoms with Crippen molar-refractivity contribution in [2.75, 3.05) is 13.1 Å². The highest BCUT2D eigenvalue weighted by molar-refractivity contribution is 6.09. The zero-order valence-electron chi connectivity index (χ0n) is 19.1. The maximum absolute atomic E-state index is 12.7. The molecule has 0 aliphatic carbocycles. The fourth-order valence-corrected chi connectivity index (χ4v) is 2.97. The average molecular weight is 493 g/mol. The first-order valence-electron chi connectivity index (χ1n) is 10.7. The van der Waals surface area contributed by atoms with Crippen LogP contribution in [0.2, 0.25) is 0 Å². The summed E-state index contributed by atoms with van der Waals surface area (Å²) in [6.45, 7) is 1.94. The van der Waals surface area contributed by atoms with E-state index in [1.807, 2.05) is 0 Å². The first-order valence-corrected chi connectivity index (χ1v) is 10.7. The fourth-order valence-electron chi connectivity index (χ4n) is 2.97. The Labute approximate surface area is 200 Å². The Morgan fingerprint density at radius 1 is 0.886 bits per heavy atom. The highest BCUT2D eigenvalue weighted by atomic mass is 19.4. The number of rotatable bonds is 10. The van der Waals surface area contributed by atoms with Crippen molar-refractivity contribution in [2.24, 2.45) is 5.73 Å². The Hall–Kier alpha value is -3.73. The molecule has 2 aromatic rings. The molecule has 2 aromatic carbocycles. The van der Waals surface area contributed by atoms with Crippen LogP contribution in [0.5, 0.6) is 0 Å². The lowest BCUT2D eigenvalue weighted by atomic mass is 9.95. The Bertz CT molecular complexity index is 1060. The molecule has 0 aliphatic heterocycles. The van der Waals surface area contributed by atoms with Gasteiger partial charge in [-0.3, -0.25) is 14.4 Å². The molecular weight excluding hydrogens is 467 g/mol. The van der Waals surface area contributed by atoms with Gasteiger partial charge >= 0.3 is 12.1 Å². The number of halogens is 3. The number of nitrogens with one attached hydrogen (secondary N) is 2. The smallest absolute Gasteiger partial charge is 0.452 e. The molecule has 0 saturated carbocycles. The van der Waals surface area contributed by atoms with Gasteiger partial charge in [-0.2, -0.15) is 13.2 Å². The third-order valence-electron chi connectivity index (χ3n) is 5.00. The molecule has 4 N–H and O–H groups in total. The van der Waals surface area contributed by atoms with Crippen LogP contribution in [0.25, 0.3) is 0 Å². The van der Waals surface area contributed by atoms with Crippen molar-refractivity contribution in [3.8, 4) is 0 Å². The third kappa shape index (κ3) is 8.21. The highest BCUT2D eigenvalue weighted by Gasteiger charge is 2.42. The zero-order valence-corrected chi connectivity index (χ0v) is 19.1. The first-order chi connectivity index (χ1) is 16.4. The van der Waals surface area contributed by atoms with E-state index < -0.39 is 55.1 Å². The number of nitrogens with two attached hydrogens (primary N) is 1. The minimum Gasteiger partial charge on any atom is -0.452 e. The SMILES string of the molecule is CC(C(=O)NCC(CNC(=O)[C@H](C)N)OC(=O)C(F)(F)F)c1cccc(C(=O)c2ccccc2)c1. The van der Waals surface area contributed by atoms with Gasteiger partial charge in [-0.25, -0.2) is 4.79 Å². The summed E-state index contributed by atoms with van der Waals surface area (Å²) in [6.07, 6.45) is -6.74. The van der Waals surface area contributed by atoms with E-state index in [0.29, 0.717) is 16.7 Å². The molecule has 35 heavy (non-hydrogen) atoms. The summed E-state index contributed by atoms with van der Waals surface area (Å²) in [6, 6.07) is 14.0. The molecule has 0 radical (unpaired) electrons. The van der Waals surface area contributed by atoms with Crippen molar-refractivity contribution < 1.29 is 37.1 Å². The molecule has 3 atom stereocenters. The molecule has 0 aliphatic rings. The standard InChI is InChI=1S/C24H26F3N3O5/c1-14(17-9-6-10-18(11-17)20(31)16-7-4-3-5-8-16)21(32)29-12-19(13-30-22(33)15(2)28)35-23(34)24(25,26)27/h3-11,14-15,19H,12-13,28H2,1-2H3,(H,29,32)(H,30,33)/t14?,15-,19?/m0/s1. The van der Waals surface area contributed by atoms with E-state index in [2.05, 4.69) is 15.4 Å². The lowest BCUT2D eigenvalue weighted by Gasteiger charge is -2.21. The average Bonchev–Trinajstić information content (AvgIpc) is 2.84. The number of hydrogen-bond donors (Lipinski definition) is 3. The number of hydrogen-bond acceptors (Lipinski definition) is 6. The predicted octanol–water partition coefficient (Wildman–Crippen LogP) is 2.07. The molecule has 0 saturated heterocycles. The maximum Gasteiger partial charge on any atom is 0.490 e. The topological polar surface area (TPSA) is 128 Å². The van der Waals surface area contributed by atoms with Gasteiger partial charge in [0, 0.05) is 11.1 Å². The van der Waals surface area contributed by atoms with Crippen LogP contribution in [0.3, 0.4) is 0 Å². The van der Waals surface area contributed by atoms with Gasteiger partial charge in [-0.05, 0) is 25.5 Å². The van der Waals surface area contributed by atoms with E-state index in [4.69, 9.17) is 5.73 Å². The first kappa shape index (κ1) is 27.5. The second kappa shape index (κ2) is 12.1. The molecule has 0 spiro atoms. The summed E-state index contributed by atoms with van der Waals surface area (Å²) >= 11 is 0. The van der Waals surface area contributed by atoms with E-state index in [1.165, 1.54) is 6.92 Å². The summed E-state index contributed by atoms with van der Waals surface area (Å²) < 4.78 is 42.2. The minimum atomic E-state index is -5.24. The van der Waals surface area contributed by atoms with Crippen LogP contribution in [0.4, 0.5) is 13.2 Å². The monoisotopic (exact) mass is 493 g/mol. The lowest BCUT2D eigenvalue weighted by molar-refractivity contribution is -0.204. The van der Waals surface area contributed by atoms with E-state index in [-0.39, 0.29) is 5.78 Å². The second-order valence-electron chi connectivity index (χ2n) is 7.85. The van der Waals surface area contributed by atoms with Crippen molar-refractivity contribution in [3.05, 3.63) is 71.3 Å². The molecule has 2 unspecified atom stereocenters. The van der Waals surface area contributed by atoms with Gasteiger partial charge < -0.3 is 21.1 Å². The van der Waals surface area contributed by atoms with E-state index in [9.17, 15) is 32.3 Å². The number of benzene rings is 2. The molecule has 8 nitrogen and oxygen atoms in total. The van der Waals surface area contributed by atoms with Crippen molar-refractivity contribution in [1.29, 1.82) is 0 Å². The van der Waals surface area contributed by atoms with Crippen LogP contribution in [0.15, 0.2) is 54.6 Å². The number of ether oxygens (including phenoxy) is 1. The summed E-state index contributed by atoms with van der Waals surface area (Å²) in [4.78, 5) is 48.2. The van der Waals surface area contributed by atoms with Crippen molar-refractivity contribution in [1.82, 2.24) is 10.6 Å². The Morgan fingerprint density at radius 3 is 2.03 bits per heavy atom. The zero-order chi connectivity index (χ0) is 26.2. The van der Waals surface area contributed by atoms with Crippen LogP contribution in [0.1, 0.15) is 41.3 Å².